The highest BCUT2D eigenvalue weighted by Crippen LogP contribution is 2.46. The first kappa shape index (κ1) is 36.3. The zero-order valence-electron chi connectivity index (χ0n) is 31.5. The molecular weight excluding hydrogens is 675 g/mol. The van der Waals surface area contributed by atoms with Gasteiger partial charge < -0.3 is 9.47 Å². The Morgan fingerprint density at radius 3 is 1.09 bits per heavy atom. The molecule has 4 atom stereocenters. The van der Waals surface area contributed by atoms with E-state index in [1.54, 1.807) is 9.80 Å². The molecular formula is C45H45N5O4. The lowest BCUT2D eigenvalue weighted by Gasteiger charge is -2.32. The summed E-state index contributed by atoms with van der Waals surface area (Å²) in [5, 5.41) is 0. The van der Waals surface area contributed by atoms with E-state index in [0.717, 1.165) is 22.3 Å². The maximum absolute atomic E-state index is 14.3. The summed E-state index contributed by atoms with van der Waals surface area (Å²) in [6.07, 6.45) is -1.08. The molecule has 0 spiro atoms. The lowest BCUT2D eigenvalue weighted by molar-refractivity contribution is 0.0305. The summed E-state index contributed by atoms with van der Waals surface area (Å²) in [4.78, 5) is 47.5. The highest BCUT2D eigenvalue weighted by molar-refractivity contribution is 6.10. The number of hydrogen-bond donors (Lipinski definition) is 0. The number of ether oxygens (including phenoxy) is 2. The van der Waals surface area contributed by atoms with Crippen molar-refractivity contribution in [2.24, 2.45) is 9.98 Å². The highest BCUT2D eigenvalue weighted by atomic mass is 16.6. The average molecular weight is 720 g/mol. The number of benzene rings is 4. The van der Waals surface area contributed by atoms with E-state index >= 15 is 0 Å². The number of carbonyl (C=O) groups is 2. The fourth-order valence-electron chi connectivity index (χ4n) is 6.94. The monoisotopic (exact) mass is 719 g/mol. The van der Waals surface area contributed by atoms with Gasteiger partial charge in [-0.15, -0.1) is 0 Å². The lowest BCUT2D eigenvalue weighted by atomic mass is 9.94. The predicted molar refractivity (Wildman–Crippen MR) is 210 cm³/mol. The van der Waals surface area contributed by atoms with Crippen LogP contribution in [0.4, 0.5) is 9.59 Å². The van der Waals surface area contributed by atoms with Crippen LogP contribution in [0.5, 0.6) is 0 Å². The van der Waals surface area contributed by atoms with Gasteiger partial charge in [-0.3, -0.25) is 9.98 Å². The van der Waals surface area contributed by atoms with Gasteiger partial charge in [0.2, 0.25) is 0 Å². The Kier molecular flexibility index (Phi) is 9.90. The number of hydrogen-bond acceptors (Lipinski definition) is 7. The summed E-state index contributed by atoms with van der Waals surface area (Å²) in [5.74, 6) is 0.714. The molecule has 0 unspecified atom stereocenters. The maximum atomic E-state index is 14.3. The van der Waals surface area contributed by atoms with Crippen molar-refractivity contribution in [1.29, 1.82) is 0 Å². The zero-order chi connectivity index (χ0) is 38.0. The standard InChI is InChI=1S/C45H45N5O4/c1-44(2,3)53-42(51)49-38(32-24-15-9-16-25-32)36(30-20-11-7-12-21-30)47-40(49)34-28-19-29-35(46-34)41-48-37(31-22-13-8-14-23-31)39(33-26-17-10-18-27-33)50(41)43(52)54-45(4,5)6/h7-29,36-39H,1-6H3/t36-,37-,38-,39-/m0/s1. The topological polar surface area (TPSA) is 96.7 Å². The molecule has 9 heteroatoms. The Morgan fingerprint density at radius 2 is 0.778 bits per heavy atom. The number of amides is 2. The van der Waals surface area contributed by atoms with Crippen LogP contribution in [0.25, 0.3) is 0 Å². The van der Waals surface area contributed by atoms with Crippen LogP contribution in [0.15, 0.2) is 150 Å². The van der Waals surface area contributed by atoms with E-state index in [0.29, 0.717) is 23.1 Å². The third-order valence-corrected chi connectivity index (χ3v) is 9.09. The van der Waals surface area contributed by atoms with E-state index in [4.69, 9.17) is 24.4 Å². The molecule has 0 saturated heterocycles. The van der Waals surface area contributed by atoms with Crippen LogP contribution in [0.3, 0.4) is 0 Å². The summed E-state index contributed by atoms with van der Waals surface area (Å²) in [5.41, 5.74) is 3.02. The van der Waals surface area contributed by atoms with Gasteiger partial charge in [-0.25, -0.2) is 24.4 Å². The fraction of sp³-hybridized carbons (Fsp3) is 0.267. The molecule has 2 aliphatic heterocycles. The Labute approximate surface area is 317 Å². The minimum absolute atomic E-state index is 0.357. The Bertz CT molecular complexity index is 2010. The largest absolute Gasteiger partial charge is 0.443 e. The lowest BCUT2D eigenvalue weighted by Crippen LogP contribution is -2.42. The quantitative estimate of drug-likeness (QED) is 0.174. The van der Waals surface area contributed by atoms with Gasteiger partial charge in [0.15, 0.2) is 11.7 Å². The molecule has 2 aliphatic rings. The second-order valence-corrected chi connectivity index (χ2v) is 15.4. The minimum atomic E-state index is -0.769. The summed E-state index contributed by atoms with van der Waals surface area (Å²) < 4.78 is 12.1. The third kappa shape index (κ3) is 7.67. The van der Waals surface area contributed by atoms with Crippen molar-refractivity contribution in [1.82, 2.24) is 14.8 Å². The fourth-order valence-corrected chi connectivity index (χ4v) is 6.94. The molecule has 2 amide bonds. The Morgan fingerprint density at radius 1 is 0.463 bits per heavy atom. The first-order valence-corrected chi connectivity index (χ1v) is 18.3. The van der Waals surface area contributed by atoms with Crippen molar-refractivity contribution < 1.29 is 19.1 Å². The van der Waals surface area contributed by atoms with Gasteiger partial charge in [0.25, 0.3) is 0 Å². The Balaban J connectivity index is 1.39. The molecule has 9 nitrogen and oxygen atoms in total. The second-order valence-electron chi connectivity index (χ2n) is 15.4. The summed E-state index contributed by atoms with van der Waals surface area (Å²) in [6, 6.07) is 43.2. The minimum Gasteiger partial charge on any atom is -0.443 e. The Hall–Kier alpha value is -6.09. The van der Waals surface area contributed by atoms with Crippen LogP contribution in [-0.4, -0.2) is 49.8 Å². The molecule has 0 fully saturated rings. The number of aromatic nitrogens is 1. The van der Waals surface area contributed by atoms with Crippen molar-refractivity contribution >= 4 is 23.9 Å². The van der Waals surface area contributed by atoms with E-state index in [1.165, 1.54) is 0 Å². The molecule has 0 aliphatic carbocycles. The van der Waals surface area contributed by atoms with E-state index in [1.807, 2.05) is 181 Å². The number of pyridine rings is 1. The van der Waals surface area contributed by atoms with Crippen LogP contribution in [-0.2, 0) is 9.47 Å². The van der Waals surface area contributed by atoms with Gasteiger partial charge in [0.05, 0.1) is 12.1 Å². The van der Waals surface area contributed by atoms with Gasteiger partial charge in [-0.2, -0.15) is 0 Å². The third-order valence-electron chi connectivity index (χ3n) is 9.09. The van der Waals surface area contributed by atoms with Crippen molar-refractivity contribution in [3.8, 4) is 0 Å². The molecule has 0 radical (unpaired) electrons. The highest BCUT2D eigenvalue weighted by Gasteiger charge is 2.47. The molecule has 1 aromatic heterocycles. The summed E-state index contributed by atoms with van der Waals surface area (Å²) in [7, 11) is 0. The molecule has 0 saturated carbocycles. The van der Waals surface area contributed by atoms with Gasteiger partial charge in [-0.05, 0) is 75.9 Å². The molecule has 3 heterocycles. The average Bonchev–Trinajstić information content (AvgIpc) is 3.76. The summed E-state index contributed by atoms with van der Waals surface area (Å²) in [6.45, 7) is 11.1. The van der Waals surface area contributed by atoms with Crippen molar-refractivity contribution in [2.45, 2.75) is 76.9 Å². The SMILES string of the molecule is CC(C)(C)OC(=O)N1C(c2cccc(C3=N[C@@H](c4ccccc4)[C@H](c4ccccc4)N3C(=O)OC(C)(C)C)n2)=N[C@@H](c2ccccc2)[C@@H]1c1ccccc1. The molecule has 4 aromatic carbocycles. The molecule has 0 N–H and O–H groups in total. The van der Waals surface area contributed by atoms with Crippen LogP contribution < -0.4 is 0 Å². The molecule has 54 heavy (non-hydrogen) atoms. The number of carbonyl (C=O) groups excluding carboxylic acids is 2. The number of rotatable bonds is 6. The number of amidine groups is 2. The predicted octanol–water partition coefficient (Wildman–Crippen LogP) is 10.0. The number of aliphatic imine (C=N–C) groups is 2. The van der Waals surface area contributed by atoms with Gasteiger partial charge >= 0.3 is 12.2 Å². The van der Waals surface area contributed by atoms with Crippen molar-refractivity contribution in [3.63, 3.8) is 0 Å². The maximum Gasteiger partial charge on any atom is 0.416 e. The first-order chi connectivity index (χ1) is 25.9. The van der Waals surface area contributed by atoms with Crippen molar-refractivity contribution in [2.75, 3.05) is 0 Å². The molecule has 5 aromatic rings. The smallest absolute Gasteiger partial charge is 0.416 e. The zero-order valence-corrected chi connectivity index (χ0v) is 31.5. The summed E-state index contributed by atoms with van der Waals surface area (Å²) >= 11 is 0. The van der Waals surface area contributed by atoms with Crippen molar-refractivity contribution in [3.05, 3.63) is 173 Å². The molecule has 0 bridgehead atoms. The van der Waals surface area contributed by atoms with Crippen LogP contribution in [0, 0.1) is 0 Å². The second kappa shape index (κ2) is 14.7. The van der Waals surface area contributed by atoms with Gasteiger partial charge in [0, 0.05) is 0 Å². The normalized spacial score (nSPS) is 20.0. The van der Waals surface area contributed by atoms with Gasteiger partial charge in [-0.1, -0.05) is 127 Å². The molecule has 274 valence electrons. The number of nitrogens with zero attached hydrogens (tertiary/aromatic N) is 5. The van der Waals surface area contributed by atoms with E-state index in [-0.39, 0.29) is 0 Å². The van der Waals surface area contributed by atoms with E-state index < -0.39 is 47.6 Å². The van der Waals surface area contributed by atoms with Crippen LogP contribution in [0.2, 0.25) is 0 Å². The van der Waals surface area contributed by atoms with Crippen LogP contribution >= 0.6 is 0 Å². The molecule has 7 rings (SSSR count). The first-order valence-electron chi connectivity index (χ1n) is 18.3. The van der Waals surface area contributed by atoms with E-state index in [9.17, 15) is 9.59 Å². The van der Waals surface area contributed by atoms with E-state index in [2.05, 4.69) is 0 Å². The van der Waals surface area contributed by atoms with Gasteiger partial charge in [0.1, 0.15) is 34.7 Å². The van der Waals surface area contributed by atoms with Crippen LogP contribution in [0.1, 0.15) is 99.4 Å².